The molecule has 1 aromatic heterocycles. The molecule has 2 aromatic carbocycles. The lowest BCUT2D eigenvalue weighted by Gasteiger charge is -2.32. The van der Waals surface area contributed by atoms with E-state index in [4.69, 9.17) is 16.3 Å². The van der Waals surface area contributed by atoms with Gasteiger partial charge in [0.2, 0.25) is 5.91 Å². The standard InChI is InChI=1S/C24H25ClFN3O2/c1-15-14-31-24-18(13-28(15)12-16-4-6-27-23(30)8-16)10-20(11-21(24)25)29-7-5-17-9-19(26)2-3-22(17)29/h2-3,5,7,9-11,15-16H,4,6,8,12-14H2,1H3,(H,27,30)/t15-,16?/m1/s1. The number of piperidine rings is 1. The quantitative estimate of drug-likeness (QED) is 0.649. The third-order valence-corrected chi connectivity index (χ3v) is 6.62. The van der Waals surface area contributed by atoms with Gasteiger partial charge in [-0.1, -0.05) is 11.6 Å². The number of carbonyl (C=O) groups excluding carboxylic acids is 1. The molecule has 0 saturated carbocycles. The number of nitrogens with one attached hydrogen (secondary N) is 1. The molecule has 1 amide bonds. The Morgan fingerprint density at radius 2 is 2.13 bits per heavy atom. The predicted octanol–water partition coefficient (Wildman–Crippen LogP) is 4.53. The Morgan fingerprint density at radius 3 is 2.97 bits per heavy atom. The average Bonchev–Trinajstić information content (AvgIpc) is 3.08. The Kier molecular flexibility index (Phi) is 5.36. The molecule has 1 fully saturated rings. The fourth-order valence-electron chi connectivity index (χ4n) is 4.66. The largest absolute Gasteiger partial charge is 0.490 e. The summed E-state index contributed by atoms with van der Waals surface area (Å²) in [6.07, 6.45) is 3.50. The molecule has 0 bridgehead atoms. The number of hydrogen-bond donors (Lipinski definition) is 1. The van der Waals surface area contributed by atoms with Crippen molar-refractivity contribution in [3.8, 4) is 11.4 Å². The Hall–Kier alpha value is -2.57. The minimum Gasteiger partial charge on any atom is -0.490 e. The summed E-state index contributed by atoms with van der Waals surface area (Å²) in [7, 11) is 0. The zero-order chi connectivity index (χ0) is 21.5. The maximum atomic E-state index is 13.6. The molecular weight excluding hydrogens is 417 g/mol. The number of benzene rings is 2. The molecule has 2 aliphatic heterocycles. The predicted molar refractivity (Wildman–Crippen MR) is 119 cm³/mol. The molecule has 7 heteroatoms. The maximum absolute atomic E-state index is 13.6. The van der Waals surface area contributed by atoms with Crippen molar-refractivity contribution in [2.24, 2.45) is 5.92 Å². The Bertz CT molecular complexity index is 1150. The van der Waals surface area contributed by atoms with Crippen molar-refractivity contribution < 1.29 is 13.9 Å². The van der Waals surface area contributed by atoms with Crippen LogP contribution in [0, 0.1) is 11.7 Å². The first-order valence-corrected chi connectivity index (χ1v) is 11.1. The summed E-state index contributed by atoms with van der Waals surface area (Å²) >= 11 is 6.65. The second-order valence-corrected chi connectivity index (χ2v) is 9.01. The average molecular weight is 442 g/mol. The van der Waals surface area contributed by atoms with Crippen LogP contribution in [0.3, 0.4) is 0 Å². The van der Waals surface area contributed by atoms with Gasteiger partial charge in [0.25, 0.3) is 0 Å². The number of rotatable bonds is 3. The van der Waals surface area contributed by atoms with Gasteiger partial charge in [-0.2, -0.15) is 0 Å². The summed E-state index contributed by atoms with van der Waals surface area (Å²) in [5, 5.41) is 4.32. The van der Waals surface area contributed by atoms with Crippen molar-refractivity contribution in [1.82, 2.24) is 14.8 Å². The van der Waals surface area contributed by atoms with Crippen LogP contribution in [0.4, 0.5) is 4.39 Å². The number of carbonyl (C=O) groups is 1. The monoisotopic (exact) mass is 441 g/mol. The minimum absolute atomic E-state index is 0.136. The second-order valence-electron chi connectivity index (χ2n) is 8.60. The Morgan fingerprint density at radius 1 is 1.26 bits per heavy atom. The molecule has 1 N–H and O–H groups in total. The van der Waals surface area contributed by atoms with E-state index in [1.54, 1.807) is 6.07 Å². The molecular formula is C24H25ClFN3O2. The number of fused-ring (bicyclic) bond motifs is 2. The van der Waals surface area contributed by atoms with Crippen molar-refractivity contribution in [1.29, 1.82) is 0 Å². The van der Waals surface area contributed by atoms with E-state index in [2.05, 4.69) is 23.2 Å². The number of halogens is 2. The molecule has 3 aromatic rings. The summed E-state index contributed by atoms with van der Waals surface area (Å²) in [4.78, 5) is 14.2. The number of hydrogen-bond acceptors (Lipinski definition) is 3. The van der Waals surface area contributed by atoms with Crippen molar-refractivity contribution in [2.45, 2.75) is 32.4 Å². The van der Waals surface area contributed by atoms with Gasteiger partial charge in [-0.3, -0.25) is 9.69 Å². The zero-order valence-corrected chi connectivity index (χ0v) is 18.2. The van der Waals surface area contributed by atoms with Crippen molar-refractivity contribution in [3.05, 3.63) is 59.0 Å². The topological polar surface area (TPSA) is 46.5 Å². The van der Waals surface area contributed by atoms with Crippen LogP contribution in [0.2, 0.25) is 5.02 Å². The van der Waals surface area contributed by atoms with E-state index in [0.717, 1.165) is 47.4 Å². The van der Waals surface area contributed by atoms with Crippen molar-refractivity contribution >= 4 is 28.4 Å². The minimum atomic E-state index is -0.250. The molecule has 2 atom stereocenters. The van der Waals surface area contributed by atoms with Crippen LogP contribution < -0.4 is 10.1 Å². The highest BCUT2D eigenvalue weighted by atomic mass is 35.5. The van der Waals surface area contributed by atoms with E-state index < -0.39 is 0 Å². The van der Waals surface area contributed by atoms with Gasteiger partial charge >= 0.3 is 0 Å². The van der Waals surface area contributed by atoms with Crippen molar-refractivity contribution in [2.75, 3.05) is 19.7 Å². The molecule has 0 spiro atoms. The third-order valence-electron chi connectivity index (χ3n) is 6.34. The van der Waals surface area contributed by atoms with E-state index in [1.165, 1.54) is 12.1 Å². The maximum Gasteiger partial charge on any atom is 0.220 e. The third kappa shape index (κ3) is 4.02. The second kappa shape index (κ2) is 8.17. The molecule has 3 heterocycles. The first-order valence-electron chi connectivity index (χ1n) is 10.7. The first kappa shape index (κ1) is 20.3. The van der Waals surface area contributed by atoms with Gasteiger partial charge < -0.3 is 14.6 Å². The van der Waals surface area contributed by atoms with Gasteiger partial charge in [-0.15, -0.1) is 0 Å². The lowest BCUT2D eigenvalue weighted by atomic mass is 9.96. The van der Waals surface area contributed by atoms with Gasteiger partial charge in [0, 0.05) is 54.9 Å². The summed E-state index contributed by atoms with van der Waals surface area (Å²) in [6, 6.07) is 10.9. The summed E-state index contributed by atoms with van der Waals surface area (Å²) in [6.45, 7) is 5.01. The van der Waals surface area contributed by atoms with Gasteiger partial charge in [0.15, 0.2) is 0 Å². The molecule has 2 aliphatic rings. The SMILES string of the molecule is C[C@@H]1COc2c(Cl)cc(-n3ccc4cc(F)ccc43)cc2CN1CC1CCNC(=O)C1. The fraction of sp³-hybridized carbons (Fsp3) is 0.375. The molecule has 1 saturated heterocycles. The highest BCUT2D eigenvalue weighted by Crippen LogP contribution is 2.36. The lowest BCUT2D eigenvalue weighted by Crippen LogP contribution is -2.42. The fourth-order valence-corrected chi connectivity index (χ4v) is 4.95. The summed E-state index contributed by atoms with van der Waals surface area (Å²) in [5.41, 5.74) is 2.86. The van der Waals surface area contributed by atoms with E-state index in [-0.39, 0.29) is 17.8 Å². The van der Waals surface area contributed by atoms with E-state index in [9.17, 15) is 9.18 Å². The highest BCUT2D eigenvalue weighted by molar-refractivity contribution is 6.32. The number of amides is 1. The molecule has 162 valence electrons. The lowest BCUT2D eigenvalue weighted by molar-refractivity contribution is -0.123. The number of aromatic nitrogens is 1. The van der Waals surface area contributed by atoms with Gasteiger partial charge in [0.1, 0.15) is 18.2 Å². The van der Waals surface area contributed by atoms with Crippen LogP contribution in [-0.4, -0.2) is 41.1 Å². The Labute approximate surface area is 185 Å². The van der Waals surface area contributed by atoms with Crippen LogP contribution >= 0.6 is 11.6 Å². The number of ether oxygens (including phenoxy) is 1. The number of nitrogens with zero attached hydrogens (tertiary/aromatic N) is 2. The van der Waals surface area contributed by atoms with Gasteiger partial charge in [0.05, 0.1) is 10.5 Å². The Balaban J connectivity index is 1.47. The zero-order valence-electron chi connectivity index (χ0n) is 17.4. The van der Waals surface area contributed by atoms with Crippen LogP contribution in [0.25, 0.3) is 16.6 Å². The van der Waals surface area contributed by atoms with E-state index in [1.807, 2.05) is 22.9 Å². The highest BCUT2D eigenvalue weighted by Gasteiger charge is 2.28. The molecule has 0 radical (unpaired) electrons. The van der Waals surface area contributed by atoms with Crippen LogP contribution in [0.5, 0.6) is 5.75 Å². The van der Waals surface area contributed by atoms with Crippen molar-refractivity contribution in [3.63, 3.8) is 0 Å². The molecule has 5 nitrogen and oxygen atoms in total. The summed E-state index contributed by atoms with van der Waals surface area (Å²) in [5.74, 6) is 0.958. The van der Waals surface area contributed by atoms with Gasteiger partial charge in [-0.25, -0.2) is 4.39 Å². The first-order chi connectivity index (χ1) is 15.0. The van der Waals surface area contributed by atoms with E-state index in [0.29, 0.717) is 30.5 Å². The van der Waals surface area contributed by atoms with Gasteiger partial charge in [-0.05, 0) is 55.7 Å². The smallest absolute Gasteiger partial charge is 0.220 e. The normalized spacial score (nSPS) is 22.0. The molecule has 1 unspecified atom stereocenters. The van der Waals surface area contributed by atoms with Crippen LogP contribution in [0.15, 0.2) is 42.6 Å². The summed E-state index contributed by atoms with van der Waals surface area (Å²) < 4.78 is 21.7. The van der Waals surface area contributed by atoms with E-state index >= 15 is 0 Å². The van der Waals surface area contributed by atoms with Crippen LogP contribution in [0.1, 0.15) is 25.3 Å². The molecule has 0 aliphatic carbocycles. The molecule has 31 heavy (non-hydrogen) atoms. The van der Waals surface area contributed by atoms with Crippen LogP contribution in [-0.2, 0) is 11.3 Å². The molecule has 5 rings (SSSR count).